The third-order valence-electron chi connectivity index (χ3n) is 15.1. The molecular weight excluding hydrogens is 906 g/mol. The minimum Gasteiger partial charge on any atom is -0.497 e. The lowest BCUT2D eigenvalue weighted by Crippen LogP contribution is -2.45. The number of piperidine rings is 4. The molecule has 2 N–H and O–H groups in total. The second-order valence-electron chi connectivity index (χ2n) is 19.9. The van der Waals surface area contributed by atoms with E-state index in [4.69, 9.17) is 9.47 Å². The summed E-state index contributed by atoms with van der Waals surface area (Å²) in [6, 6.07) is 29.8. The molecule has 13 heteroatoms. The first kappa shape index (κ1) is 53.3. The molecule has 4 heterocycles. The molecule has 4 aromatic rings. The third-order valence-corrected chi connectivity index (χ3v) is 15.1. The average molecular weight is 979 g/mol. The van der Waals surface area contributed by atoms with Crippen molar-refractivity contribution in [2.45, 2.75) is 88.5 Å². The van der Waals surface area contributed by atoms with Crippen molar-refractivity contribution in [2.24, 2.45) is 11.8 Å². The van der Waals surface area contributed by atoms with Gasteiger partial charge in [-0.2, -0.15) is 13.2 Å². The first-order valence-electron chi connectivity index (χ1n) is 25.5. The van der Waals surface area contributed by atoms with Gasteiger partial charge in [-0.1, -0.05) is 66.2 Å². The number of alkyl halides is 3. The Kier molecular flexibility index (Phi) is 19.4. The van der Waals surface area contributed by atoms with Crippen LogP contribution < -0.4 is 9.47 Å². The molecule has 2 atom stereocenters. The lowest BCUT2D eigenvalue weighted by atomic mass is 9.88. The molecule has 71 heavy (non-hydrogen) atoms. The summed E-state index contributed by atoms with van der Waals surface area (Å²) in [5.41, 5.74) is 4.56. The molecule has 382 valence electrons. The van der Waals surface area contributed by atoms with E-state index in [0.717, 1.165) is 114 Å². The molecule has 8 rings (SSSR count). The van der Waals surface area contributed by atoms with Gasteiger partial charge in [0, 0.05) is 51.4 Å². The molecule has 4 aliphatic rings. The van der Waals surface area contributed by atoms with Crippen molar-refractivity contribution in [2.75, 3.05) is 79.7 Å². The quantitative estimate of drug-likeness (QED) is 0.121. The van der Waals surface area contributed by atoms with E-state index < -0.39 is 17.8 Å². The maximum atomic E-state index is 12.9. The summed E-state index contributed by atoms with van der Waals surface area (Å²) in [5, 5.41) is 21.8. The predicted molar refractivity (Wildman–Crippen MR) is 274 cm³/mol. The minimum absolute atomic E-state index is 0.0649. The van der Waals surface area contributed by atoms with E-state index in [1.807, 2.05) is 47.4 Å². The Morgan fingerprint density at radius 1 is 0.577 bits per heavy atom. The average Bonchev–Trinajstić information content (AvgIpc) is 3.40. The number of benzene rings is 4. The van der Waals surface area contributed by atoms with E-state index in [1.165, 1.54) is 34.9 Å². The Balaban J connectivity index is 0.000000209. The van der Waals surface area contributed by atoms with Gasteiger partial charge in [0.05, 0.1) is 32.0 Å². The topological polar surface area (TPSA) is 106 Å². The smallest absolute Gasteiger partial charge is 0.416 e. The van der Waals surface area contributed by atoms with Gasteiger partial charge in [0.2, 0.25) is 11.8 Å². The highest BCUT2D eigenvalue weighted by atomic mass is 19.4. The molecular formula is C58H73F3N4O6. The first-order chi connectivity index (χ1) is 34.2. The summed E-state index contributed by atoms with van der Waals surface area (Å²) in [6.45, 7) is 9.89. The van der Waals surface area contributed by atoms with Gasteiger partial charge >= 0.3 is 6.18 Å². The zero-order chi connectivity index (χ0) is 50.3. The number of aryl methyl sites for hydroxylation is 1. The molecule has 0 spiro atoms. The number of carbonyl (C=O) groups is 2. The van der Waals surface area contributed by atoms with Crippen LogP contribution in [-0.2, 0) is 15.8 Å². The summed E-state index contributed by atoms with van der Waals surface area (Å²) in [7, 11) is 3.37. The Morgan fingerprint density at radius 2 is 0.972 bits per heavy atom. The van der Waals surface area contributed by atoms with Crippen LogP contribution in [0.15, 0.2) is 109 Å². The largest absolute Gasteiger partial charge is 0.497 e. The molecule has 0 bridgehead atoms. The Labute approximate surface area is 418 Å². The highest BCUT2D eigenvalue weighted by Gasteiger charge is 2.32. The van der Waals surface area contributed by atoms with E-state index in [1.54, 1.807) is 31.3 Å². The number of carbonyl (C=O) groups excluding carboxylic acids is 2. The fraction of sp³-hybridized carbons (Fsp3) is 0.483. The predicted octanol–water partition coefficient (Wildman–Crippen LogP) is 9.70. The molecule has 0 aliphatic carbocycles. The number of hydrogen-bond acceptors (Lipinski definition) is 8. The molecule has 2 amide bonds. The molecule has 0 radical (unpaired) electrons. The lowest BCUT2D eigenvalue weighted by Gasteiger charge is -2.38. The van der Waals surface area contributed by atoms with Crippen LogP contribution in [0.3, 0.4) is 0 Å². The van der Waals surface area contributed by atoms with Gasteiger partial charge < -0.3 is 39.3 Å². The summed E-state index contributed by atoms with van der Waals surface area (Å²) in [4.78, 5) is 33.5. The number of likely N-dealkylation sites (tertiary alicyclic amines) is 4. The van der Waals surface area contributed by atoms with Crippen molar-refractivity contribution < 1.29 is 42.4 Å². The van der Waals surface area contributed by atoms with Crippen molar-refractivity contribution >= 4 is 24.0 Å². The van der Waals surface area contributed by atoms with Crippen molar-refractivity contribution in [1.82, 2.24) is 19.6 Å². The molecule has 4 aliphatic heterocycles. The SMILES string of the molecule is COc1ccc(C2CCN(CC(O)C3CCN(C(=O)/C=C/c4cccc(C(F)(F)F)c4)CC3)CC2)cc1.COc1ccc(C2CCN(CC(O)C3CCN(C(=O)/C=C/c4cccc(C)c4)CC3)CC2)cc1. The molecule has 4 fully saturated rings. The number of aliphatic hydroxyl groups excluding tert-OH is 2. The molecule has 2 unspecified atom stereocenters. The van der Waals surface area contributed by atoms with Crippen LogP contribution >= 0.6 is 0 Å². The number of ether oxygens (including phenoxy) is 2. The van der Waals surface area contributed by atoms with E-state index >= 15 is 0 Å². The van der Waals surface area contributed by atoms with Gasteiger partial charge in [-0.15, -0.1) is 0 Å². The number of amides is 2. The van der Waals surface area contributed by atoms with Gasteiger partial charge in [0.15, 0.2) is 0 Å². The zero-order valence-electron chi connectivity index (χ0n) is 41.7. The van der Waals surface area contributed by atoms with E-state index in [-0.39, 0.29) is 29.8 Å². The van der Waals surface area contributed by atoms with Crippen LogP contribution in [0.4, 0.5) is 13.2 Å². The van der Waals surface area contributed by atoms with Gasteiger partial charge in [-0.05, 0) is 179 Å². The fourth-order valence-corrected chi connectivity index (χ4v) is 10.6. The second kappa shape index (κ2) is 25.8. The van der Waals surface area contributed by atoms with E-state index in [0.29, 0.717) is 49.9 Å². The van der Waals surface area contributed by atoms with Gasteiger partial charge in [-0.25, -0.2) is 0 Å². The highest BCUT2D eigenvalue weighted by molar-refractivity contribution is 5.92. The van der Waals surface area contributed by atoms with Crippen LogP contribution in [0.5, 0.6) is 11.5 Å². The number of halogens is 3. The first-order valence-corrected chi connectivity index (χ1v) is 25.5. The van der Waals surface area contributed by atoms with Gasteiger partial charge in [0.1, 0.15) is 11.5 Å². The van der Waals surface area contributed by atoms with Crippen LogP contribution in [0.1, 0.15) is 96.6 Å². The third kappa shape index (κ3) is 15.8. The van der Waals surface area contributed by atoms with Crippen molar-refractivity contribution in [3.8, 4) is 11.5 Å². The van der Waals surface area contributed by atoms with Crippen molar-refractivity contribution in [3.63, 3.8) is 0 Å². The van der Waals surface area contributed by atoms with Crippen molar-refractivity contribution in [1.29, 1.82) is 0 Å². The van der Waals surface area contributed by atoms with E-state index in [9.17, 15) is 33.0 Å². The Morgan fingerprint density at radius 3 is 1.35 bits per heavy atom. The number of hydrogen-bond donors (Lipinski definition) is 2. The molecule has 0 aromatic heterocycles. The normalized spacial score (nSPS) is 19.4. The van der Waals surface area contributed by atoms with Crippen LogP contribution in [-0.4, -0.2) is 134 Å². The summed E-state index contributed by atoms with van der Waals surface area (Å²) < 4.78 is 49.2. The van der Waals surface area contributed by atoms with Crippen LogP contribution in [0.2, 0.25) is 0 Å². The zero-order valence-corrected chi connectivity index (χ0v) is 41.7. The fourth-order valence-electron chi connectivity index (χ4n) is 10.6. The lowest BCUT2D eigenvalue weighted by molar-refractivity contribution is -0.137. The van der Waals surface area contributed by atoms with Crippen molar-refractivity contribution in [3.05, 3.63) is 143 Å². The Bertz CT molecular complexity index is 2340. The highest BCUT2D eigenvalue weighted by Crippen LogP contribution is 2.33. The monoisotopic (exact) mass is 979 g/mol. The Hall–Kier alpha value is -5.47. The maximum absolute atomic E-state index is 12.9. The van der Waals surface area contributed by atoms with Crippen LogP contribution in [0.25, 0.3) is 12.2 Å². The molecule has 4 saturated heterocycles. The van der Waals surface area contributed by atoms with E-state index in [2.05, 4.69) is 53.1 Å². The van der Waals surface area contributed by atoms with Gasteiger partial charge in [-0.3, -0.25) is 9.59 Å². The molecule has 10 nitrogen and oxygen atoms in total. The maximum Gasteiger partial charge on any atom is 0.416 e. The minimum atomic E-state index is -4.41. The van der Waals surface area contributed by atoms with Gasteiger partial charge in [0.25, 0.3) is 0 Å². The number of methoxy groups -OCH3 is 2. The standard InChI is InChI=1S/C29H35F3N2O3.C29H38N2O3/c1-37-26-8-6-22(7-9-26)23-11-15-33(16-12-23)20-27(35)24-13-17-34(18-14-24)28(36)10-5-21-3-2-4-25(19-21)29(30,31)32;1-22-4-3-5-23(20-22)6-11-29(33)31-18-14-26(15-19-31)28(32)21-30-16-12-25(13-17-30)24-7-9-27(34-2)10-8-24/h2-10,19,23-24,27,35H,11-18,20H2,1H3;3-11,20,25-26,28,32H,12-19,21H2,1-2H3/b10-5+;11-6+. The molecule has 0 saturated carbocycles. The number of rotatable bonds is 14. The summed E-state index contributed by atoms with van der Waals surface area (Å²) in [5.74, 6) is 3.13. The number of aliphatic hydroxyl groups is 2. The second-order valence-corrected chi connectivity index (χ2v) is 19.9. The summed E-state index contributed by atoms with van der Waals surface area (Å²) in [6.07, 6.45) is 8.70. The summed E-state index contributed by atoms with van der Waals surface area (Å²) >= 11 is 0. The number of β-amino-alcohol motifs (C(OH)–C–C–N with tert-alkyl or cyclic N) is 2. The van der Waals surface area contributed by atoms with Crippen LogP contribution in [0, 0.1) is 18.8 Å². The molecule has 4 aromatic carbocycles. The number of nitrogens with zero attached hydrogens (tertiary/aromatic N) is 4.